The fourth-order valence-corrected chi connectivity index (χ4v) is 1.91. The predicted molar refractivity (Wildman–Crippen MR) is 65.1 cm³/mol. The van der Waals surface area contributed by atoms with Gasteiger partial charge in [0.1, 0.15) is 5.75 Å². The Kier molecular flexibility index (Phi) is 3.95. The molecule has 1 rings (SSSR count). The lowest BCUT2D eigenvalue weighted by Crippen LogP contribution is -2.13. The molecule has 0 radical (unpaired) electrons. The molecule has 1 aromatic rings. The largest absolute Gasteiger partial charge is 0.508 e. The molecule has 0 saturated heterocycles. The summed E-state index contributed by atoms with van der Waals surface area (Å²) in [6.45, 7) is 6.07. The Morgan fingerprint density at radius 3 is 2.31 bits per heavy atom. The third-order valence-electron chi connectivity index (χ3n) is 2.92. The van der Waals surface area contributed by atoms with Crippen molar-refractivity contribution in [3.8, 4) is 11.8 Å². The predicted octanol–water partition coefficient (Wildman–Crippen LogP) is 3.83. The topological polar surface area (TPSA) is 44.0 Å². The molecule has 0 heterocycles. The quantitative estimate of drug-likeness (QED) is 0.833. The second kappa shape index (κ2) is 5.03. The first-order valence-corrected chi connectivity index (χ1v) is 5.68. The van der Waals surface area contributed by atoms with Crippen molar-refractivity contribution in [2.45, 2.75) is 39.5 Å². The number of benzene rings is 1. The monoisotopic (exact) mass is 217 g/mol. The third-order valence-corrected chi connectivity index (χ3v) is 2.92. The fraction of sp³-hybridized carbons (Fsp3) is 0.500. The van der Waals surface area contributed by atoms with Crippen LogP contribution in [0, 0.1) is 16.7 Å². The van der Waals surface area contributed by atoms with Gasteiger partial charge in [-0.1, -0.05) is 19.1 Å². The average Bonchev–Trinajstić information content (AvgIpc) is 2.27. The molecule has 1 aromatic carbocycles. The van der Waals surface area contributed by atoms with Crippen molar-refractivity contribution in [2.24, 2.45) is 5.41 Å². The number of rotatable bonds is 4. The highest BCUT2D eigenvalue weighted by atomic mass is 16.3. The van der Waals surface area contributed by atoms with Crippen LogP contribution in [0.2, 0.25) is 0 Å². The molecule has 0 aromatic heterocycles. The maximum Gasteiger partial charge on any atom is 0.115 e. The summed E-state index contributed by atoms with van der Waals surface area (Å²) in [5.74, 6) is 0.674. The Labute approximate surface area is 97.5 Å². The van der Waals surface area contributed by atoms with Crippen molar-refractivity contribution in [3.63, 3.8) is 0 Å². The molecule has 0 aliphatic heterocycles. The number of nitrogens with zero attached hydrogens (tertiary/aromatic N) is 1. The van der Waals surface area contributed by atoms with E-state index in [0.717, 1.165) is 12.8 Å². The minimum atomic E-state index is -0.293. The van der Waals surface area contributed by atoms with Gasteiger partial charge in [-0.25, -0.2) is 0 Å². The molecule has 0 bridgehead atoms. The highest BCUT2D eigenvalue weighted by molar-refractivity contribution is 5.28. The summed E-state index contributed by atoms with van der Waals surface area (Å²) in [5, 5.41) is 18.3. The van der Waals surface area contributed by atoms with Crippen LogP contribution in [0.25, 0.3) is 0 Å². The highest BCUT2D eigenvalue weighted by Gasteiger charge is 2.22. The lowest BCUT2D eigenvalue weighted by molar-refractivity contribution is 0.394. The summed E-state index contributed by atoms with van der Waals surface area (Å²) < 4.78 is 0. The fourth-order valence-electron chi connectivity index (χ4n) is 1.91. The smallest absolute Gasteiger partial charge is 0.115 e. The second-order valence-electron chi connectivity index (χ2n) is 4.90. The second-order valence-corrected chi connectivity index (χ2v) is 4.90. The lowest BCUT2D eigenvalue weighted by Gasteiger charge is -2.23. The van der Waals surface area contributed by atoms with Crippen molar-refractivity contribution in [2.75, 3.05) is 0 Å². The standard InChI is InChI=1S/C14H19NO/c1-4-11(9-14(2,3)10-15)12-5-7-13(16)8-6-12/h5-8,11,16H,4,9H2,1-3H3. The number of phenolic OH excluding ortho intramolecular Hbond substituents is 1. The molecular weight excluding hydrogens is 198 g/mol. The van der Waals surface area contributed by atoms with E-state index < -0.39 is 0 Å². The minimum Gasteiger partial charge on any atom is -0.508 e. The normalized spacial score (nSPS) is 13.1. The van der Waals surface area contributed by atoms with Crippen molar-refractivity contribution < 1.29 is 5.11 Å². The Morgan fingerprint density at radius 1 is 1.31 bits per heavy atom. The molecule has 0 fully saturated rings. The van der Waals surface area contributed by atoms with E-state index in [2.05, 4.69) is 13.0 Å². The average molecular weight is 217 g/mol. The summed E-state index contributed by atoms with van der Waals surface area (Å²) in [7, 11) is 0. The lowest BCUT2D eigenvalue weighted by atomic mass is 9.80. The van der Waals surface area contributed by atoms with Crippen molar-refractivity contribution in [3.05, 3.63) is 29.8 Å². The van der Waals surface area contributed by atoms with Gasteiger partial charge < -0.3 is 5.11 Å². The minimum absolute atomic E-state index is 0.290. The molecule has 0 spiro atoms. The zero-order valence-electron chi connectivity index (χ0n) is 10.2. The van der Waals surface area contributed by atoms with Crippen molar-refractivity contribution in [1.29, 1.82) is 5.26 Å². The first-order valence-electron chi connectivity index (χ1n) is 5.68. The van der Waals surface area contributed by atoms with Crippen LogP contribution in [-0.2, 0) is 0 Å². The zero-order valence-corrected chi connectivity index (χ0v) is 10.2. The summed E-state index contributed by atoms with van der Waals surface area (Å²) in [5.41, 5.74) is 0.905. The van der Waals surface area contributed by atoms with Gasteiger partial charge in [-0.15, -0.1) is 0 Å². The van der Waals surface area contributed by atoms with Crippen LogP contribution >= 0.6 is 0 Å². The van der Waals surface area contributed by atoms with E-state index in [1.54, 1.807) is 12.1 Å². The van der Waals surface area contributed by atoms with Crippen molar-refractivity contribution >= 4 is 0 Å². The molecular formula is C14H19NO. The van der Waals surface area contributed by atoms with Gasteiger partial charge in [-0.3, -0.25) is 0 Å². The van der Waals surface area contributed by atoms with Crippen LogP contribution in [0.3, 0.4) is 0 Å². The van der Waals surface area contributed by atoms with Gasteiger partial charge in [0.25, 0.3) is 0 Å². The molecule has 86 valence electrons. The van der Waals surface area contributed by atoms with Crippen LogP contribution in [-0.4, -0.2) is 5.11 Å². The summed E-state index contributed by atoms with van der Waals surface area (Å²) in [4.78, 5) is 0. The third kappa shape index (κ3) is 3.27. The Morgan fingerprint density at radius 2 is 1.88 bits per heavy atom. The van der Waals surface area contributed by atoms with E-state index in [0.29, 0.717) is 5.92 Å². The number of aromatic hydroxyl groups is 1. The highest BCUT2D eigenvalue weighted by Crippen LogP contribution is 2.33. The molecule has 0 saturated carbocycles. The summed E-state index contributed by atoms with van der Waals surface area (Å²) in [6, 6.07) is 9.63. The molecule has 2 heteroatoms. The van der Waals surface area contributed by atoms with E-state index in [1.807, 2.05) is 26.0 Å². The molecule has 0 amide bonds. The van der Waals surface area contributed by atoms with Crippen LogP contribution in [0.15, 0.2) is 24.3 Å². The number of nitriles is 1. The van der Waals surface area contributed by atoms with Gasteiger partial charge in [-0.2, -0.15) is 5.26 Å². The van der Waals surface area contributed by atoms with Crippen LogP contribution in [0.4, 0.5) is 0 Å². The molecule has 1 atom stereocenters. The molecule has 2 nitrogen and oxygen atoms in total. The zero-order chi connectivity index (χ0) is 12.2. The molecule has 1 unspecified atom stereocenters. The molecule has 1 N–H and O–H groups in total. The SMILES string of the molecule is CCC(CC(C)(C)C#N)c1ccc(O)cc1. The Hall–Kier alpha value is -1.49. The Balaban J connectivity index is 2.84. The Bertz CT molecular complexity index is 373. The first-order chi connectivity index (χ1) is 7.48. The summed E-state index contributed by atoms with van der Waals surface area (Å²) in [6.07, 6.45) is 1.86. The van der Waals surface area contributed by atoms with E-state index in [9.17, 15) is 5.11 Å². The van der Waals surface area contributed by atoms with Gasteiger partial charge in [0, 0.05) is 0 Å². The molecule has 16 heavy (non-hydrogen) atoms. The van der Waals surface area contributed by atoms with Gasteiger partial charge in [0.2, 0.25) is 0 Å². The van der Waals surface area contributed by atoms with Crippen LogP contribution in [0.5, 0.6) is 5.75 Å². The maximum atomic E-state index is 9.24. The number of phenols is 1. The maximum absolute atomic E-state index is 9.24. The number of hydrogen-bond donors (Lipinski definition) is 1. The first kappa shape index (κ1) is 12.6. The van der Waals surface area contributed by atoms with Crippen molar-refractivity contribution in [1.82, 2.24) is 0 Å². The van der Waals surface area contributed by atoms with E-state index in [1.165, 1.54) is 5.56 Å². The van der Waals surface area contributed by atoms with Gasteiger partial charge >= 0.3 is 0 Å². The van der Waals surface area contributed by atoms with Crippen LogP contribution < -0.4 is 0 Å². The number of hydrogen-bond acceptors (Lipinski definition) is 2. The van der Waals surface area contributed by atoms with E-state index >= 15 is 0 Å². The van der Waals surface area contributed by atoms with Gasteiger partial charge in [-0.05, 0) is 50.3 Å². The summed E-state index contributed by atoms with van der Waals surface area (Å²) >= 11 is 0. The van der Waals surface area contributed by atoms with E-state index in [-0.39, 0.29) is 11.2 Å². The van der Waals surface area contributed by atoms with Gasteiger partial charge in [0.05, 0.1) is 11.5 Å². The molecule has 0 aliphatic carbocycles. The van der Waals surface area contributed by atoms with E-state index in [4.69, 9.17) is 5.26 Å². The van der Waals surface area contributed by atoms with Gasteiger partial charge in [0.15, 0.2) is 0 Å². The molecule has 0 aliphatic rings. The van der Waals surface area contributed by atoms with Crippen LogP contribution in [0.1, 0.15) is 45.1 Å².